The maximum Gasteiger partial charge on any atom is 0.149 e. The molecule has 0 atom stereocenters. The lowest BCUT2D eigenvalue weighted by molar-refractivity contribution is -0.134. The Labute approximate surface area is 113 Å². The molecule has 1 heterocycles. The number of hydrogen-bond acceptors (Lipinski definition) is 4. The third kappa shape index (κ3) is 2.83. The molecule has 0 unspecified atom stereocenters. The molecule has 4 nitrogen and oxygen atoms in total. The van der Waals surface area contributed by atoms with E-state index in [1.54, 1.807) is 25.4 Å². The summed E-state index contributed by atoms with van der Waals surface area (Å²) in [4.78, 5) is 28.6. The molecule has 0 spiro atoms. The number of hydrogen-bond donors (Lipinski definition) is 0. The molecule has 0 N–H and O–H groups in total. The molecule has 0 amide bonds. The van der Waals surface area contributed by atoms with Crippen LogP contribution in [-0.4, -0.2) is 23.7 Å². The van der Waals surface area contributed by atoms with Crippen LogP contribution in [0.25, 0.3) is 0 Å². The first kappa shape index (κ1) is 13.7. The van der Waals surface area contributed by atoms with Crippen molar-refractivity contribution in [2.45, 2.75) is 32.6 Å². The fraction of sp³-hybridized carbons (Fsp3) is 0.533. The Morgan fingerprint density at radius 1 is 1.26 bits per heavy atom. The predicted molar refractivity (Wildman–Crippen MR) is 71.1 cm³/mol. The lowest BCUT2D eigenvalue weighted by atomic mass is 9.74. The van der Waals surface area contributed by atoms with Crippen LogP contribution in [0.3, 0.4) is 0 Å². The Morgan fingerprint density at radius 3 is 2.42 bits per heavy atom. The second-order valence-corrected chi connectivity index (χ2v) is 5.40. The summed E-state index contributed by atoms with van der Waals surface area (Å²) in [5.41, 5.74) is 0.511. The van der Waals surface area contributed by atoms with Crippen LogP contribution in [0.4, 0.5) is 0 Å². The van der Waals surface area contributed by atoms with E-state index in [4.69, 9.17) is 4.74 Å². The minimum atomic E-state index is -0.704. The van der Waals surface area contributed by atoms with E-state index in [-0.39, 0.29) is 17.5 Å². The fourth-order valence-electron chi connectivity index (χ4n) is 2.52. The molecule has 1 aromatic rings. The van der Waals surface area contributed by atoms with Gasteiger partial charge in [-0.15, -0.1) is 0 Å². The molecular formula is C15H19NO3. The van der Waals surface area contributed by atoms with Crippen molar-refractivity contribution in [1.29, 1.82) is 0 Å². The summed E-state index contributed by atoms with van der Waals surface area (Å²) >= 11 is 0. The zero-order valence-electron chi connectivity index (χ0n) is 11.6. The predicted octanol–water partition coefficient (Wildman–Crippen LogP) is 2.38. The minimum absolute atomic E-state index is 0.0179. The van der Waals surface area contributed by atoms with Gasteiger partial charge in [0, 0.05) is 25.1 Å². The summed E-state index contributed by atoms with van der Waals surface area (Å²) in [5.74, 6) is 0.405. The van der Waals surface area contributed by atoms with Crippen LogP contribution in [-0.2, 0) is 9.59 Å². The Bertz CT molecular complexity index is 478. The molecule has 0 aliphatic heterocycles. The summed E-state index contributed by atoms with van der Waals surface area (Å²) < 4.78 is 5.11. The van der Waals surface area contributed by atoms with Crippen molar-refractivity contribution >= 4 is 11.6 Å². The smallest absolute Gasteiger partial charge is 0.149 e. The average molecular weight is 261 g/mol. The second kappa shape index (κ2) is 5.51. The first-order chi connectivity index (χ1) is 9.02. The van der Waals surface area contributed by atoms with Gasteiger partial charge in [-0.2, -0.15) is 0 Å². The highest BCUT2D eigenvalue weighted by atomic mass is 16.5. The monoisotopic (exact) mass is 261 g/mol. The molecule has 0 bridgehead atoms. The van der Waals surface area contributed by atoms with Crippen LogP contribution in [0.5, 0.6) is 5.75 Å². The lowest BCUT2D eigenvalue weighted by Gasteiger charge is -2.28. The molecule has 19 heavy (non-hydrogen) atoms. The van der Waals surface area contributed by atoms with Crippen LogP contribution in [0.2, 0.25) is 0 Å². The highest BCUT2D eigenvalue weighted by Crippen LogP contribution is 2.34. The first-order valence-electron chi connectivity index (χ1n) is 6.58. The van der Waals surface area contributed by atoms with E-state index in [1.807, 2.05) is 0 Å². The largest absolute Gasteiger partial charge is 0.497 e. The number of aromatic nitrogens is 1. The molecule has 0 radical (unpaired) electrons. The molecule has 1 aromatic heterocycles. The molecule has 1 saturated carbocycles. The number of Topliss-reactive ketones (excluding diaryl/α,β-unsaturated/α-hetero) is 2. The van der Waals surface area contributed by atoms with Crippen molar-refractivity contribution in [3.8, 4) is 5.75 Å². The number of ether oxygens (including phenoxy) is 1. The van der Waals surface area contributed by atoms with E-state index < -0.39 is 5.92 Å². The van der Waals surface area contributed by atoms with E-state index in [9.17, 15) is 9.59 Å². The summed E-state index contributed by atoms with van der Waals surface area (Å²) in [6.45, 7) is 4.10. The van der Waals surface area contributed by atoms with Gasteiger partial charge in [0.1, 0.15) is 23.2 Å². The van der Waals surface area contributed by atoms with Crippen molar-refractivity contribution in [3.63, 3.8) is 0 Å². The third-order valence-corrected chi connectivity index (χ3v) is 3.80. The molecule has 1 aliphatic carbocycles. The van der Waals surface area contributed by atoms with Crippen LogP contribution in [0.15, 0.2) is 18.3 Å². The molecule has 1 fully saturated rings. The van der Waals surface area contributed by atoms with Gasteiger partial charge in [-0.05, 0) is 17.9 Å². The van der Waals surface area contributed by atoms with Crippen molar-refractivity contribution < 1.29 is 14.3 Å². The summed E-state index contributed by atoms with van der Waals surface area (Å²) in [5, 5.41) is 0. The molecule has 102 valence electrons. The Balaban J connectivity index is 2.25. The highest BCUT2D eigenvalue weighted by molar-refractivity contribution is 6.09. The number of pyridine rings is 1. The Hall–Kier alpha value is -1.71. The molecule has 0 aromatic carbocycles. The highest BCUT2D eigenvalue weighted by Gasteiger charge is 2.38. The summed E-state index contributed by atoms with van der Waals surface area (Å²) in [7, 11) is 1.55. The zero-order valence-corrected chi connectivity index (χ0v) is 11.6. The van der Waals surface area contributed by atoms with E-state index in [1.165, 1.54) is 0 Å². The van der Waals surface area contributed by atoms with E-state index in [0.29, 0.717) is 30.2 Å². The van der Waals surface area contributed by atoms with Gasteiger partial charge < -0.3 is 4.74 Å². The van der Waals surface area contributed by atoms with Gasteiger partial charge in [0.15, 0.2) is 0 Å². The van der Waals surface area contributed by atoms with Crippen molar-refractivity contribution in [1.82, 2.24) is 4.98 Å². The molecular weight excluding hydrogens is 242 g/mol. The third-order valence-electron chi connectivity index (χ3n) is 3.80. The van der Waals surface area contributed by atoms with Gasteiger partial charge in [0.25, 0.3) is 0 Å². The lowest BCUT2D eigenvalue weighted by Crippen LogP contribution is -2.34. The van der Waals surface area contributed by atoms with Gasteiger partial charge in [0.05, 0.1) is 12.8 Å². The molecule has 1 aliphatic rings. The van der Waals surface area contributed by atoms with Crippen molar-refractivity contribution in [2.75, 3.05) is 7.11 Å². The van der Waals surface area contributed by atoms with Crippen molar-refractivity contribution in [3.05, 3.63) is 24.0 Å². The van der Waals surface area contributed by atoms with E-state index in [0.717, 1.165) is 0 Å². The van der Waals surface area contributed by atoms with Gasteiger partial charge in [0.2, 0.25) is 0 Å². The molecule has 0 saturated heterocycles. The first-order valence-corrected chi connectivity index (χ1v) is 6.58. The number of methoxy groups -OCH3 is 1. The quantitative estimate of drug-likeness (QED) is 0.784. The van der Waals surface area contributed by atoms with E-state index >= 15 is 0 Å². The van der Waals surface area contributed by atoms with Gasteiger partial charge >= 0.3 is 0 Å². The van der Waals surface area contributed by atoms with Crippen LogP contribution >= 0.6 is 0 Å². The van der Waals surface area contributed by atoms with Crippen LogP contribution in [0.1, 0.15) is 38.3 Å². The zero-order chi connectivity index (χ0) is 14.0. The Kier molecular flexibility index (Phi) is 3.98. The van der Waals surface area contributed by atoms with Crippen molar-refractivity contribution in [2.24, 2.45) is 11.8 Å². The Morgan fingerprint density at radius 2 is 1.89 bits per heavy atom. The average Bonchev–Trinajstić information content (AvgIpc) is 2.38. The number of ketones is 2. The normalized spacial score (nSPS) is 23.8. The standard InChI is InChI=1S/C15H19NO3/c1-9(2)10-6-13(17)15(14(18)7-10)12-8-11(19-3)4-5-16-12/h4-5,8-10,15H,6-7H2,1-3H3. The van der Waals surface area contributed by atoms with Crippen LogP contribution in [0, 0.1) is 11.8 Å². The van der Waals surface area contributed by atoms with Gasteiger partial charge in [-0.1, -0.05) is 13.8 Å². The van der Waals surface area contributed by atoms with E-state index in [2.05, 4.69) is 18.8 Å². The van der Waals surface area contributed by atoms with Crippen LogP contribution < -0.4 is 4.74 Å². The molecule has 2 rings (SSSR count). The number of carbonyl (C=O) groups is 2. The fourth-order valence-corrected chi connectivity index (χ4v) is 2.52. The number of rotatable bonds is 3. The number of nitrogens with zero attached hydrogens (tertiary/aromatic N) is 1. The minimum Gasteiger partial charge on any atom is -0.497 e. The molecule has 4 heteroatoms. The summed E-state index contributed by atoms with van der Waals surface area (Å²) in [6.07, 6.45) is 2.50. The maximum absolute atomic E-state index is 12.2. The summed E-state index contributed by atoms with van der Waals surface area (Å²) in [6, 6.07) is 3.38. The topological polar surface area (TPSA) is 56.3 Å². The SMILES string of the molecule is COc1ccnc(C2C(=O)CC(C(C)C)CC2=O)c1. The maximum atomic E-state index is 12.2. The van der Waals surface area contributed by atoms with Gasteiger partial charge in [-0.25, -0.2) is 0 Å². The number of carbonyl (C=O) groups excluding carboxylic acids is 2. The second-order valence-electron chi connectivity index (χ2n) is 5.40. The van der Waals surface area contributed by atoms with Gasteiger partial charge in [-0.3, -0.25) is 14.6 Å².